The van der Waals surface area contributed by atoms with Crippen LogP contribution in [0.1, 0.15) is 33.5 Å². The van der Waals surface area contributed by atoms with Crippen LogP contribution in [-0.2, 0) is 9.53 Å². The second-order valence-electron chi connectivity index (χ2n) is 7.29. The first-order valence-corrected chi connectivity index (χ1v) is 10.0. The second-order valence-corrected chi connectivity index (χ2v) is 7.29. The van der Waals surface area contributed by atoms with E-state index in [4.69, 9.17) is 4.74 Å². The average molecular weight is 427 g/mol. The van der Waals surface area contributed by atoms with Crippen LogP contribution in [0.3, 0.4) is 0 Å². The molecule has 1 heterocycles. The minimum atomic E-state index is -0.610. The minimum Gasteiger partial charge on any atom is -0.452 e. The molecule has 7 heteroatoms. The maximum absolute atomic E-state index is 12.5. The highest BCUT2D eigenvalue weighted by Gasteiger charge is 2.15. The van der Waals surface area contributed by atoms with E-state index in [1.807, 2.05) is 47.9 Å². The van der Waals surface area contributed by atoms with Crippen molar-refractivity contribution in [2.45, 2.75) is 13.8 Å². The molecule has 1 aromatic heterocycles. The predicted octanol–water partition coefficient (Wildman–Crippen LogP) is 4.33. The molecule has 0 saturated carbocycles. The minimum absolute atomic E-state index is 0.0578. The molecule has 7 nitrogen and oxygen atoms in total. The Morgan fingerprint density at radius 2 is 1.62 bits per heavy atom. The number of ether oxygens (including phenoxy) is 1. The largest absolute Gasteiger partial charge is 0.452 e. The summed E-state index contributed by atoms with van der Waals surface area (Å²) in [6.45, 7) is 2.94. The van der Waals surface area contributed by atoms with Crippen molar-refractivity contribution in [3.63, 3.8) is 0 Å². The molecule has 0 atom stereocenters. The van der Waals surface area contributed by atoms with Crippen LogP contribution in [0.25, 0.3) is 16.7 Å². The summed E-state index contributed by atoms with van der Waals surface area (Å²) in [6.07, 6.45) is 0. The Hall–Kier alpha value is -4.26. The molecule has 0 saturated heterocycles. The lowest BCUT2D eigenvalue weighted by Gasteiger charge is -2.08. The first-order chi connectivity index (χ1) is 15.4. The number of ketones is 1. The standard InChI is InChI=1S/C25H21N3O4/c1-16(29)18-8-11-20(12-9-18)27-24(30)15-32-25(31)19-10-13-23-22(14-19)26-17(2)28(23)21-6-4-3-5-7-21/h3-14H,15H2,1-2H3,(H,27,30). The van der Waals surface area contributed by atoms with Crippen LogP contribution >= 0.6 is 0 Å². The van der Waals surface area contributed by atoms with Crippen LogP contribution in [0.4, 0.5) is 5.69 Å². The summed E-state index contributed by atoms with van der Waals surface area (Å²) >= 11 is 0. The van der Waals surface area contributed by atoms with E-state index in [0.717, 1.165) is 17.0 Å². The molecule has 1 N–H and O–H groups in total. The van der Waals surface area contributed by atoms with Gasteiger partial charge in [-0.2, -0.15) is 0 Å². The molecular formula is C25H21N3O4. The summed E-state index contributed by atoms with van der Waals surface area (Å²) in [5, 5.41) is 2.63. The number of anilines is 1. The number of nitrogens with zero attached hydrogens (tertiary/aromatic N) is 2. The molecule has 0 fully saturated rings. The van der Waals surface area contributed by atoms with E-state index in [1.54, 1.807) is 36.4 Å². The third kappa shape index (κ3) is 4.41. The number of amides is 1. The van der Waals surface area contributed by atoms with Gasteiger partial charge < -0.3 is 10.1 Å². The third-order valence-electron chi connectivity index (χ3n) is 4.98. The fourth-order valence-electron chi connectivity index (χ4n) is 3.43. The zero-order valence-corrected chi connectivity index (χ0v) is 17.7. The van der Waals surface area contributed by atoms with Gasteiger partial charge in [0.05, 0.1) is 16.6 Å². The molecule has 1 amide bonds. The summed E-state index contributed by atoms with van der Waals surface area (Å²) in [5.74, 6) is -0.343. The summed E-state index contributed by atoms with van der Waals surface area (Å²) in [4.78, 5) is 40.4. The number of para-hydroxylation sites is 1. The average Bonchev–Trinajstić information content (AvgIpc) is 3.13. The number of hydrogen-bond donors (Lipinski definition) is 1. The topological polar surface area (TPSA) is 90.3 Å². The lowest BCUT2D eigenvalue weighted by molar-refractivity contribution is -0.119. The van der Waals surface area contributed by atoms with E-state index >= 15 is 0 Å². The monoisotopic (exact) mass is 427 g/mol. The zero-order valence-electron chi connectivity index (χ0n) is 17.7. The number of hydrogen-bond acceptors (Lipinski definition) is 5. The number of rotatable bonds is 6. The summed E-state index contributed by atoms with van der Waals surface area (Å²) in [6, 6.07) is 21.4. The quantitative estimate of drug-likeness (QED) is 0.365. The van der Waals surface area contributed by atoms with Crippen LogP contribution in [0.5, 0.6) is 0 Å². The maximum atomic E-state index is 12.5. The van der Waals surface area contributed by atoms with Gasteiger partial charge in [0.15, 0.2) is 12.4 Å². The van der Waals surface area contributed by atoms with Crippen LogP contribution in [0.2, 0.25) is 0 Å². The van der Waals surface area contributed by atoms with Crippen molar-refractivity contribution in [2.24, 2.45) is 0 Å². The Morgan fingerprint density at radius 1 is 0.938 bits per heavy atom. The van der Waals surface area contributed by atoms with Gasteiger partial charge >= 0.3 is 5.97 Å². The van der Waals surface area contributed by atoms with Gasteiger partial charge in [-0.1, -0.05) is 18.2 Å². The Kier molecular flexibility index (Phi) is 5.81. The molecule has 0 radical (unpaired) electrons. The Balaban J connectivity index is 1.42. The van der Waals surface area contributed by atoms with Crippen LogP contribution < -0.4 is 5.32 Å². The van der Waals surface area contributed by atoms with Crippen LogP contribution in [0.15, 0.2) is 72.8 Å². The SMILES string of the molecule is CC(=O)c1ccc(NC(=O)COC(=O)c2ccc3c(c2)nc(C)n3-c2ccccc2)cc1. The molecule has 160 valence electrons. The van der Waals surface area contributed by atoms with Gasteiger partial charge in [-0.25, -0.2) is 9.78 Å². The highest BCUT2D eigenvalue weighted by atomic mass is 16.5. The van der Waals surface area contributed by atoms with Crippen molar-refractivity contribution in [2.75, 3.05) is 11.9 Å². The van der Waals surface area contributed by atoms with Crippen molar-refractivity contribution >= 4 is 34.4 Å². The van der Waals surface area contributed by atoms with Crippen molar-refractivity contribution < 1.29 is 19.1 Å². The smallest absolute Gasteiger partial charge is 0.338 e. The van der Waals surface area contributed by atoms with Crippen molar-refractivity contribution in [3.05, 3.63) is 89.7 Å². The molecule has 0 aliphatic carbocycles. The molecular weight excluding hydrogens is 406 g/mol. The van der Waals surface area contributed by atoms with Crippen molar-refractivity contribution in [3.8, 4) is 5.69 Å². The number of Topliss-reactive ketones (excluding diaryl/α,β-unsaturated/α-hetero) is 1. The first-order valence-electron chi connectivity index (χ1n) is 10.0. The molecule has 4 rings (SSSR count). The Labute approximate surface area is 184 Å². The van der Waals surface area contributed by atoms with Gasteiger partial charge in [0.25, 0.3) is 5.91 Å². The molecule has 0 aliphatic rings. The first kappa shape index (κ1) is 21.0. The lowest BCUT2D eigenvalue weighted by Crippen LogP contribution is -2.21. The van der Waals surface area contributed by atoms with Gasteiger partial charge in [0.2, 0.25) is 0 Å². The van der Waals surface area contributed by atoms with Crippen LogP contribution in [0, 0.1) is 6.92 Å². The highest BCUT2D eigenvalue weighted by Crippen LogP contribution is 2.22. The number of aromatic nitrogens is 2. The lowest BCUT2D eigenvalue weighted by atomic mass is 10.1. The second kappa shape index (κ2) is 8.85. The number of aryl methyl sites for hydroxylation is 1. The molecule has 4 aromatic rings. The normalized spacial score (nSPS) is 10.7. The fourth-order valence-corrected chi connectivity index (χ4v) is 3.43. The van der Waals surface area contributed by atoms with Crippen molar-refractivity contribution in [1.82, 2.24) is 9.55 Å². The maximum Gasteiger partial charge on any atom is 0.338 e. The highest BCUT2D eigenvalue weighted by molar-refractivity contribution is 5.98. The van der Waals surface area contributed by atoms with Crippen molar-refractivity contribution in [1.29, 1.82) is 0 Å². The van der Waals surface area contributed by atoms with E-state index in [1.165, 1.54) is 6.92 Å². The number of esters is 1. The summed E-state index contributed by atoms with van der Waals surface area (Å²) in [7, 11) is 0. The Morgan fingerprint density at radius 3 is 2.31 bits per heavy atom. The predicted molar refractivity (Wildman–Crippen MR) is 121 cm³/mol. The van der Waals surface area contributed by atoms with E-state index in [-0.39, 0.29) is 5.78 Å². The molecule has 0 unspecified atom stereocenters. The molecule has 0 spiro atoms. The van der Waals surface area contributed by atoms with E-state index in [0.29, 0.717) is 22.3 Å². The van der Waals surface area contributed by atoms with Gasteiger partial charge in [-0.3, -0.25) is 14.2 Å². The van der Waals surface area contributed by atoms with Gasteiger partial charge in [-0.05, 0) is 68.4 Å². The number of fused-ring (bicyclic) bond motifs is 1. The number of benzene rings is 3. The fraction of sp³-hybridized carbons (Fsp3) is 0.120. The van der Waals surface area contributed by atoms with E-state index in [2.05, 4.69) is 10.3 Å². The Bertz CT molecular complexity index is 1310. The molecule has 0 bridgehead atoms. The number of imidazole rings is 1. The number of nitrogens with one attached hydrogen (secondary N) is 1. The van der Waals surface area contributed by atoms with Crippen LogP contribution in [-0.4, -0.2) is 33.8 Å². The molecule has 0 aliphatic heterocycles. The molecule has 32 heavy (non-hydrogen) atoms. The molecule has 3 aromatic carbocycles. The summed E-state index contributed by atoms with van der Waals surface area (Å²) < 4.78 is 7.16. The number of carbonyl (C=O) groups excluding carboxylic acids is 3. The number of carbonyl (C=O) groups is 3. The van der Waals surface area contributed by atoms with Gasteiger partial charge in [0.1, 0.15) is 5.82 Å². The van der Waals surface area contributed by atoms with E-state index < -0.39 is 18.5 Å². The zero-order chi connectivity index (χ0) is 22.7. The van der Waals surface area contributed by atoms with Gasteiger partial charge in [-0.15, -0.1) is 0 Å². The third-order valence-corrected chi connectivity index (χ3v) is 4.98. The van der Waals surface area contributed by atoms with E-state index in [9.17, 15) is 14.4 Å². The van der Waals surface area contributed by atoms with Gasteiger partial charge in [0, 0.05) is 16.9 Å². The summed E-state index contributed by atoms with van der Waals surface area (Å²) in [5.41, 5.74) is 3.90.